The summed E-state index contributed by atoms with van der Waals surface area (Å²) >= 11 is 0. The summed E-state index contributed by atoms with van der Waals surface area (Å²) in [5, 5.41) is 4.34. The van der Waals surface area contributed by atoms with Gasteiger partial charge in [0.05, 0.1) is 5.69 Å². The number of rotatable bonds is 11. The first-order chi connectivity index (χ1) is 18.0. The Hall–Kier alpha value is -3.17. The number of aromatic nitrogens is 3. The molecule has 4 rings (SSSR count). The Labute approximate surface area is 219 Å². The second-order valence-electron chi connectivity index (χ2n) is 9.29. The van der Waals surface area contributed by atoms with Crippen LogP contribution in [0.15, 0.2) is 36.5 Å². The highest BCUT2D eigenvalue weighted by Crippen LogP contribution is 2.33. The summed E-state index contributed by atoms with van der Waals surface area (Å²) in [7, 11) is 0. The zero-order valence-electron chi connectivity index (χ0n) is 22.7. The van der Waals surface area contributed by atoms with Crippen LogP contribution in [0.1, 0.15) is 65.5 Å². The van der Waals surface area contributed by atoms with Crippen LogP contribution < -0.4 is 10.2 Å². The first kappa shape index (κ1) is 26.9. The average molecular weight is 509 g/mol. The van der Waals surface area contributed by atoms with Gasteiger partial charge in [-0.2, -0.15) is 4.98 Å². The summed E-state index contributed by atoms with van der Waals surface area (Å²) in [6.07, 6.45) is 3.39. The highest BCUT2D eigenvalue weighted by atomic mass is 16.7. The first-order valence-electron chi connectivity index (χ1n) is 13.5. The third-order valence-electron chi connectivity index (χ3n) is 7.00. The average Bonchev–Trinajstić information content (AvgIpc) is 3.28. The molecule has 9 heteroatoms. The molecule has 0 radical (unpaired) electrons. The molecule has 1 aliphatic heterocycles. The molecule has 37 heavy (non-hydrogen) atoms. The van der Waals surface area contributed by atoms with E-state index in [4.69, 9.17) is 14.5 Å². The van der Waals surface area contributed by atoms with Crippen LogP contribution in [-0.2, 0) is 14.3 Å². The molecular formula is C28H40N6O3. The predicted octanol–water partition coefficient (Wildman–Crippen LogP) is 5.28. The van der Waals surface area contributed by atoms with Crippen molar-refractivity contribution in [2.45, 2.75) is 59.8 Å². The molecule has 1 N–H and O–H groups in total. The zero-order valence-corrected chi connectivity index (χ0v) is 22.7. The Morgan fingerprint density at radius 2 is 1.65 bits per heavy atom. The van der Waals surface area contributed by atoms with Crippen LogP contribution in [0, 0.1) is 0 Å². The lowest BCUT2D eigenvalue weighted by Crippen LogP contribution is -2.48. The van der Waals surface area contributed by atoms with Crippen LogP contribution in [0.2, 0.25) is 0 Å². The van der Waals surface area contributed by atoms with Crippen LogP contribution in [0.4, 0.5) is 17.3 Å². The Balaban J connectivity index is 1.57. The molecular weight excluding hydrogens is 468 g/mol. The number of carbonyl (C=O) groups excluding carboxylic acids is 1. The standard InChI is InChI=1S/C28H40N6O3/c1-6-23(7-2)34-25(27(36-8-3)37-9-4)18-21-19-29-28(31-26(21)34)30-22-10-12-24(13-11-22)33-16-14-32(15-17-33)20(5)35/h10-13,18-19,23,27H,6-9,14-17H2,1-5H3,(H,29,30,31). The molecule has 0 saturated carbocycles. The number of ether oxygens (including phenoxy) is 2. The molecule has 0 atom stereocenters. The van der Waals surface area contributed by atoms with Crippen LogP contribution in [0.3, 0.4) is 0 Å². The van der Waals surface area contributed by atoms with Crippen molar-refractivity contribution >= 4 is 34.3 Å². The molecule has 0 aliphatic carbocycles. The fourth-order valence-electron chi connectivity index (χ4n) is 4.99. The van der Waals surface area contributed by atoms with Gasteiger partial charge in [0.1, 0.15) is 5.65 Å². The second-order valence-corrected chi connectivity index (χ2v) is 9.29. The van der Waals surface area contributed by atoms with Crippen molar-refractivity contribution < 1.29 is 14.3 Å². The number of hydrogen-bond acceptors (Lipinski definition) is 7. The third kappa shape index (κ3) is 6.05. The Kier molecular flexibility index (Phi) is 9.00. The maximum absolute atomic E-state index is 11.6. The van der Waals surface area contributed by atoms with Gasteiger partial charge in [-0.1, -0.05) is 13.8 Å². The van der Waals surface area contributed by atoms with Crippen molar-refractivity contribution in [1.82, 2.24) is 19.4 Å². The van der Waals surface area contributed by atoms with Crippen molar-refractivity contribution in [2.24, 2.45) is 0 Å². The second kappa shape index (κ2) is 12.4. The van der Waals surface area contributed by atoms with Gasteiger partial charge in [-0.15, -0.1) is 0 Å². The molecule has 1 aliphatic rings. The Morgan fingerprint density at radius 1 is 1.00 bits per heavy atom. The van der Waals surface area contributed by atoms with Gasteiger partial charge < -0.3 is 29.2 Å². The van der Waals surface area contributed by atoms with Crippen molar-refractivity contribution in [2.75, 3.05) is 49.6 Å². The number of nitrogens with zero attached hydrogens (tertiary/aromatic N) is 5. The number of amides is 1. The quantitative estimate of drug-likeness (QED) is 0.353. The lowest BCUT2D eigenvalue weighted by molar-refractivity contribution is -0.144. The summed E-state index contributed by atoms with van der Waals surface area (Å²) < 4.78 is 14.2. The SMILES string of the molecule is CCOC(OCC)c1cc2cnc(Nc3ccc(N4CCN(C(C)=O)CC4)cc3)nc2n1C(CC)CC. The molecule has 9 nitrogen and oxygen atoms in total. The monoisotopic (exact) mass is 508 g/mol. The molecule has 2 aromatic heterocycles. The van der Waals surface area contributed by atoms with Crippen molar-refractivity contribution in [3.05, 3.63) is 42.2 Å². The predicted molar refractivity (Wildman–Crippen MR) is 147 cm³/mol. The number of anilines is 3. The van der Waals surface area contributed by atoms with Crippen molar-refractivity contribution in [1.29, 1.82) is 0 Å². The molecule has 1 aromatic carbocycles. The minimum absolute atomic E-state index is 0.143. The molecule has 0 spiro atoms. The number of fused-ring (bicyclic) bond motifs is 1. The van der Waals surface area contributed by atoms with Crippen LogP contribution in [0.5, 0.6) is 0 Å². The van der Waals surface area contributed by atoms with Gasteiger partial charge >= 0.3 is 0 Å². The van der Waals surface area contributed by atoms with E-state index in [0.29, 0.717) is 19.2 Å². The fourth-order valence-corrected chi connectivity index (χ4v) is 4.99. The van der Waals surface area contributed by atoms with Crippen molar-refractivity contribution in [3.63, 3.8) is 0 Å². The van der Waals surface area contributed by atoms with Gasteiger partial charge in [-0.05, 0) is 57.0 Å². The van der Waals surface area contributed by atoms with E-state index < -0.39 is 6.29 Å². The minimum Gasteiger partial charge on any atom is -0.368 e. The number of carbonyl (C=O) groups is 1. The maximum atomic E-state index is 11.6. The minimum atomic E-state index is -0.439. The highest BCUT2D eigenvalue weighted by molar-refractivity contribution is 5.78. The highest BCUT2D eigenvalue weighted by Gasteiger charge is 2.24. The maximum Gasteiger partial charge on any atom is 0.229 e. The summed E-state index contributed by atoms with van der Waals surface area (Å²) in [6.45, 7) is 14.3. The van der Waals surface area contributed by atoms with Gasteiger partial charge in [-0.25, -0.2) is 4.98 Å². The van der Waals surface area contributed by atoms with Crippen LogP contribution in [-0.4, -0.2) is 64.7 Å². The van der Waals surface area contributed by atoms with Crippen LogP contribution in [0.25, 0.3) is 11.0 Å². The van der Waals surface area contributed by atoms with E-state index in [2.05, 4.69) is 51.8 Å². The number of nitrogens with one attached hydrogen (secondary N) is 1. The Bertz CT molecular complexity index is 1160. The first-order valence-corrected chi connectivity index (χ1v) is 13.5. The van der Waals surface area contributed by atoms with E-state index in [1.807, 2.05) is 37.1 Å². The molecule has 0 unspecified atom stereocenters. The van der Waals surface area contributed by atoms with Gasteiger partial charge in [0.15, 0.2) is 6.29 Å². The largest absolute Gasteiger partial charge is 0.368 e. The zero-order chi connectivity index (χ0) is 26.4. The molecule has 1 amide bonds. The number of piperazine rings is 1. The molecule has 1 fully saturated rings. The fraction of sp³-hybridized carbons (Fsp3) is 0.536. The topological polar surface area (TPSA) is 84.8 Å². The van der Waals surface area contributed by atoms with E-state index in [0.717, 1.165) is 67.1 Å². The summed E-state index contributed by atoms with van der Waals surface area (Å²) in [5.74, 6) is 0.696. The smallest absolute Gasteiger partial charge is 0.229 e. The van der Waals surface area contributed by atoms with E-state index in [1.54, 1.807) is 6.92 Å². The summed E-state index contributed by atoms with van der Waals surface area (Å²) in [4.78, 5) is 25.3. The van der Waals surface area contributed by atoms with Crippen LogP contribution >= 0.6 is 0 Å². The molecule has 200 valence electrons. The summed E-state index contributed by atoms with van der Waals surface area (Å²) in [5.41, 5.74) is 3.93. The Morgan fingerprint density at radius 3 is 2.22 bits per heavy atom. The van der Waals surface area contributed by atoms with Gasteiger partial charge in [0.25, 0.3) is 0 Å². The lowest BCUT2D eigenvalue weighted by Gasteiger charge is -2.35. The third-order valence-corrected chi connectivity index (χ3v) is 7.00. The van der Waals surface area contributed by atoms with Gasteiger partial charge in [-0.3, -0.25) is 4.79 Å². The molecule has 0 bridgehead atoms. The molecule has 1 saturated heterocycles. The molecule has 3 aromatic rings. The van der Waals surface area contributed by atoms with Gasteiger partial charge in [0, 0.05) is 75.3 Å². The number of benzene rings is 1. The van der Waals surface area contributed by atoms with E-state index in [1.165, 1.54) is 0 Å². The lowest BCUT2D eigenvalue weighted by atomic mass is 10.1. The van der Waals surface area contributed by atoms with Gasteiger partial charge in [0.2, 0.25) is 11.9 Å². The summed E-state index contributed by atoms with van der Waals surface area (Å²) in [6, 6.07) is 10.7. The van der Waals surface area contributed by atoms with E-state index in [9.17, 15) is 4.79 Å². The van der Waals surface area contributed by atoms with Crippen molar-refractivity contribution in [3.8, 4) is 0 Å². The van der Waals surface area contributed by atoms with E-state index >= 15 is 0 Å². The van der Waals surface area contributed by atoms with E-state index in [-0.39, 0.29) is 11.9 Å². The number of hydrogen-bond donors (Lipinski definition) is 1. The normalized spacial score (nSPS) is 14.2. The molecule has 3 heterocycles.